The number of nitrogens with zero attached hydrogens (tertiary/aromatic N) is 2. The van der Waals surface area contributed by atoms with Gasteiger partial charge in [0.05, 0.1) is 24.5 Å². The van der Waals surface area contributed by atoms with Gasteiger partial charge in [-0.25, -0.2) is 8.42 Å². The molecule has 8 heteroatoms. The van der Waals surface area contributed by atoms with Crippen LogP contribution in [0.4, 0.5) is 0 Å². The van der Waals surface area contributed by atoms with Crippen molar-refractivity contribution in [2.75, 3.05) is 26.7 Å². The molecule has 1 atom stereocenters. The van der Waals surface area contributed by atoms with Gasteiger partial charge in [0.25, 0.3) is 0 Å². The Morgan fingerprint density at radius 2 is 2.04 bits per heavy atom. The number of nitrogens with one attached hydrogen (secondary N) is 2. The molecule has 0 amide bonds. The van der Waals surface area contributed by atoms with E-state index in [2.05, 4.69) is 15.5 Å². The van der Waals surface area contributed by atoms with E-state index in [-0.39, 0.29) is 10.9 Å². The molecular formula is C16H22N4O3S. The average Bonchev–Trinajstić information content (AvgIpc) is 2.94. The molecule has 130 valence electrons. The molecule has 0 aliphatic carbocycles. The molecule has 1 aromatic carbocycles. The van der Waals surface area contributed by atoms with Crippen LogP contribution < -0.4 is 10.1 Å². The molecule has 0 bridgehead atoms. The molecule has 2 aromatic rings. The highest BCUT2D eigenvalue weighted by Crippen LogP contribution is 2.34. The fourth-order valence-corrected chi connectivity index (χ4v) is 5.16. The maximum atomic E-state index is 13.3. The molecule has 1 aliphatic rings. The van der Waals surface area contributed by atoms with Crippen LogP contribution in [0, 0.1) is 13.8 Å². The van der Waals surface area contributed by atoms with Gasteiger partial charge in [0.1, 0.15) is 10.6 Å². The SMILES string of the molecule is COc1ccccc1C1CNCCN1S(=O)(=O)c1c(C)n[nH]c1C. The van der Waals surface area contributed by atoms with Gasteiger partial charge in [-0.2, -0.15) is 9.40 Å². The number of hydrogen-bond donors (Lipinski definition) is 2. The molecule has 1 aromatic heterocycles. The lowest BCUT2D eigenvalue weighted by Gasteiger charge is -2.36. The van der Waals surface area contributed by atoms with Gasteiger partial charge in [-0.15, -0.1) is 0 Å². The molecule has 1 unspecified atom stereocenters. The number of aryl methyl sites for hydroxylation is 2. The molecule has 7 nitrogen and oxygen atoms in total. The summed E-state index contributed by atoms with van der Waals surface area (Å²) in [6.07, 6.45) is 0. The third-order valence-electron chi connectivity index (χ3n) is 4.32. The Kier molecular flexibility index (Phi) is 4.62. The minimum atomic E-state index is -3.66. The number of para-hydroxylation sites is 1. The second-order valence-electron chi connectivity index (χ2n) is 5.84. The van der Waals surface area contributed by atoms with E-state index in [1.807, 2.05) is 24.3 Å². The minimum Gasteiger partial charge on any atom is -0.496 e. The maximum Gasteiger partial charge on any atom is 0.247 e. The summed E-state index contributed by atoms with van der Waals surface area (Å²) < 4.78 is 33.5. The van der Waals surface area contributed by atoms with Crippen LogP contribution in [0.25, 0.3) is 0 Å². The lowest BCUT2D eigenvalue weighted by molar-refractivity contribution is 0.264. The normalized spacial score (nSPS) is 19.4. The summed E-state index contributed by atoms with van der Waals surface area (Å²) in [6, 6.07) is 7.21. The van der Waals surface area contributed by atoms with Crippen LogP contribution in [0.1, 0.15) is 23.0 Å². The number of hydrogen-bond acceptors (Lipinski definition) is 5. The third kappa shape index (κ3) is 2.81. The maximum absolute atomic E-state index is 13.3. The Morgan fingerprint density at radius 1 is 1.29 bits per heavy atom. The zero-order chi connectivity index (χ0) is 17.3. The molecule has 1 aliphatic heterocycles. The standard InChI is InChI=1S/C16H22N4O3S/c1-11-16(12(2)19-18-11)24(21,22)20-9-8-17-10-14(20)13-6-4-5-7-15(13)23-3/h4-7,14,17H,8-10H2,1-3H3,(H,18,19). The number of aromatic amines is 1. The first-order valence-electron chi connectivity index (χ1n) is 7.84. The second kappa shape index (κ2) is 6.54. The summed E-state index contributed by atoms with van der Waals surface area (Å²) in [5, 5.41) is 10.1. The van der Waals surface area contributed by atoms with Crippen molar-refractivity contribution in [2.24, 2.45) is 0 Å². The molecule has 1 saturated heterocycles. The third-order valence-corrected chi connectivity index (χ3v) is 6.49. The van der Waals surface area contributed by atoms with E-state index >= 15 is 0 Å². The summed E-state index contributed by atoms with van der Waals surface area (Å²) in [5.74, 6) is 0.687. The van der Waals surface area contributed by atoms with Crippen LogP contribution in [-0.2, 0) is 10.0 Å². The van der Waals surface area contributed by atoms with Crippen molar-refractivity contribution in [3.63, 3.8) is 0 Å². The fraction of sp³-hybridized carbons (Fsp3) is 0.438. The van der Waals surface area contributed by atoms with Crippen molar-refractivity contribution in [3.8, 4) is 5.75 Å². The van der Waals surface area contributed by atoms with Gasteiger partial charge in [0, 0.05) is 25.2 Å². The molecular weight excluding hydrogens is 328 g/mol. The van der Waals surface area contributed by atoms with E-state index in [0.29, 0.717) is 36.8 Å². The highest BCUT2D eigenvalue weighted by Gasteiger charge is 2.38. The van der Waals surface area contributed by atoms with Crippen LogP contribution in [0.5, 0.6) is 5.75 Å². The number of benzene rings is 1. The molecule has 24 heavy (non-hydrogen) atoms. The van der Waals surface area contributed by atoms with E-state index in [0.717, 1.165) is 5.56 Å². The van der Waals surface area contributed by atoms with Crippen LogP contribution in [0.3, 0.4) is 0 Å². The number of sulfonamides is 1. The van der Waals surface area contributed by atoms with E-state index < -0.39 is 10.0 Å². The lowest BCUT2D eigenvalue weighted by Crippen LogP contribution is -2.48. The molecule has 1 fully saturated rings. The predicted molar refractivity (Wildman–Crippen MR) is 90.6 cm³/mol. The van der Waals surface area contributed by atoms with E-state index in [1.165, 1.54) is 0 Å². The Hall–Kier alpha value is -1.90. The van der Waals surface area contributed by atoms with Crippen molar-refractivity contribution in [3.05, 3.63) is 41.2 Å². The van der Waals surface area contributed by atoms with Crippen molar-refractivity contribution in [1.82, 2.24) is 19.8 Å². The molecule has 3 rings (SSSR count). The number of methoxy groups -OCH3 is 1. The first-order chi connectivity index (χ1) is 11.5. The average molecular weight is 350 g/mol. The van der Waals surface area contributed by atoms with Gasteiger partial charge in [0.2, 0.25) is 10.0 Å². The Morgan fingerprint density at radius 3 is 2.71 bits per heavy atom. The molecule has 2 N–H and O–H groups in total. The van der Waals surface area contributed by atoms with Crippen molar-refractivity contribution >= 4 is 10.0 Å². The largest absolute Gasteiger partial charge is 0.496 e. The minimum absolute atomic E-state index is 0.268. The van der Waals surface area contributed by atoms with Crippen LogP contribution in [0.2, 0.25) is 0 Å². The zero-order valence-electron chi connectivity index (χ0n) is 14.0. The first-order valence-corrected chi connectivity index (χ1v) is 9.28. The second-order valence-corrected chi connectivity index (χ2v) is 7.67. The predicted octanol–water partition coefficient (Wildman–Crippen LogP) is 1.37. The fourth-order valence-electron chi connectivity index (χ4n) is 3.22. The number of aromatic nitrogens is 2. The number of H-pyrrole nitrogens is 1. The summed E-state index contributed by atoms with van der Waals surface area (Å²) in [4.78, 5) is 0.268. The van der Waals surface area contributed by atoms with Gasteiger partial charge >= 0.3 is 0 Å². The van der Waals surface area contributed by atoms with Gasteiger partial charge < -0.3 is 10.1 Å². The molecule has 0 spiro atoms. The quantitative estimate of drug-likeness (QED) is 0.870. The van der Waals surface area contributed by atoms with Crippen molar-refractivity contribution in [2.45, 2.75) is 24.8 Å². The van der Waals surface area contributed by atoms with Crippen LogP contribution in [0.15, 0.2) is 29.2 Å². The first kappa shape index (κ1) is 16.9. The van der Waals surface area contributed by atoms with Gasteiger partial charge in [-0.1, -0.05) is 18.2 Å². The van der Waals surface area contributed by atoms with Crippen molar-refractivity contribution in [1.29, 1.82) is 0 Å². The van der Waals surface area contributed by atoms with Crippen LogP contribution in [-0.4, -0.2) is 49.7 Å². The Balaban J connectivity index is 2.07. The van der Waals surface area contributed by atoms with Gasteiger partial charge in [-0.05, 0) is 19.9 Å². The van der Waals surface area contributed by atoms with E-state index in [4.69, 9.17) is 4.74 Å². The van der Waals surface area contributed by atoms with Gasteiger partial charge in [-0.3, -0.25) is 5.10 Å². The van der Waals surface area contributed by atoms with Gasteiger partial charge in [0.15, 0.2) is 0 Å². The van der Waals surface area contributed by atoms with Crippen molar-refractivity contribution < 1.29 is 13.2 Å². The summed E-state index contributed by atoms with van der Waals surface area (Å²) in [5.41, 5.74) is 1.91. The molecule has 0 saturated carbocycles. The molecule has 0 radical (unpaired) electrons. The summed E-state index contributed by atoms with van der Waals surface area (Å²) in [6.45, 7) is 4.98. The monoisotopic (exact) mass is 350 g/mol. The Bertz CT molecular complexity index is 812. The van der Waals surface area contributed by atoms with Crippen LogP contribution >= 0.6 is 0 Å². The zero-order valence-corrected chi connectivity index (χ0v) is 14.9. The molecule has 2 heterocycles. The highest BCUT2D eigenvalue weighted by molar-refractivity contribution is 7.89. The Labute approximate surface area is 142 Å². The van der Waals surface area contributed by atoms with E-state index in [9.17, 15) is 8.42 Å². The number of piperazine rings is 1. The highest BCUT2D eigenvalue weighted by atomic mass is 32.2. The summed E-state index contributed by atoms with van der Waals surface area (Å²) in [7, 11) is -2.06. The smallest absolute Gasteiger partial charge is 0.247 e. The van der Waals surface area contributed by atoms with E-state index in [1.54, 1.807) is 25.3 Å². The number of rotatable bonds is 4. The lowest BCUT2D eigenvalue weighted by atomic mass is 10.0. The number of ether oxygens (including phenoxy) is 1. The topological polar surface area (TPSA) is 87.3 Å². The summed E-state index contributed by atoms with van der Waals surface area (Å²) >= 11 is 0.